The smallest absolute Gasteiger partial charge is 0.289 e. The minimum Gasteiger partial charge on any atom is -0.459 e. The van der Waals surface area contributed by atoms with Crippen molar-refractivity contribution < 1.29 is 9.21 Å². The molecule has 2 aromatic heterocycles. The van der Waals surface area contributed by atoms with E-state index in [1.165, 1.54) is 11.8 Å². The van der Waals surface area contributed by atoms with Crippen LogP contribution in [-0.2, 0) is 13.0 Å². The number of nitrogens with zero attached hydrogens (tertiary/aromatic N) is 2. The molecule has 0 aliphatic rings. The van der Waals surface area contributed by atoms with Gasteiger partial charge in [0.1, 0.15) is 0 Å². The minimum atomic E-state index is -0.0984. The number of pyridine rings is 1. The van der Waals surface area contributed by atoms with Gasteiger partial charge >= 0.3 is 0 Å². The molecule has 0 unspecified atom stereocenters. The summed E-state index contributed by atoms with van der Waals surface area (Å²) in [6.07, 6.45) is 5.10. The molecule has 1 amide bonds. The van der Waals surface area contributed by atoms with Gasteiger partial charge in [0, 0.05) is 12.7 Å². The zero-order valence-corrected chi connectivity index (χ0v) is 13.5. The lowest BCUT2D eigenvalue weighted by atomic mass is 10.1. The number of amides is 1. The maximum absolute atomic E-state index is 12.7. The van der Waals surface area contributed by atoms with Gasteiger partial charge in [0.25, 0.3) is 5.91 Å². The Morgan fingerprint density at radius 1 is 1.00 bits per heavy atom. The lowest BCUT2D eigenvalue weighted by molar-refractivity contribution is 0.0707. The van der Waals surface area contributed by atoms with Gasteiger partial charge in [-0.05, 0) is 42.7 Å². The fourth-order valence-electron chi connectivity index (χ4n) is 2.61. The van der Waals surface area contributed by atoms with Crippen molar-refractivity contribution >= 4 is 5.91 Å². The Bertz CT molecular complexity index is 740. The van der Waals surface area contributed by atoms with E-state index in [0.717, 1.165) is 18.5 Å². The third-order valence-corrected chi connectivity index (χ3v) is 3.83. The lowest BCUT2D eigenvalue weighted by Gasteiger charge is -2.21. The second-order valence-corrected chi connectivity index (χ2v) is 5.61. The normalized spacial score (nSPS) is 10.5. The lowest BCUT2D eigenvalue weighted by Crippen LogP contribution is -2.31. The largest absolute Gasteiger partial charge is 0.459 e. The first-order chi connectivity index (χ1) is 11.8. The Hall–Kier alpha value is -2.88. The molecule has 4 nitrogen and oxygen atoms in total. The topological polar surface area (TPSA) is 46.3 Å². The van der Waals surface area contributed by atoms with Gasteiger partial charge in [0.2, 0.25) is 0 Å². The molecule has 0 atom stereocenters. The standard InChI is InChI=1S/C20H20N2O2/c23-20(19-12-7-15-24-19)22(16-18-11-4-5-13-21-18)14-6-10-17-8-2-1-3-9-17/h1-5,7-9,11-13,15H,6,10,14,16H2. The number of rotatable bonds is 7. The summed E-state index contributed by atoms with van der Waals surface area (Å²) in [6.45, 7) is 1.14. The van der Waals surface area contributed by atoms with Crippen molar-refractivity contribution in [3.63, 3.8) is 0 Å². The van der Waals surface area contributed by atoms with Crippen molar-refractivity contribution in [2.45, 2.75) is 19.4 Å². The van der Waals surface area contributed by atoms with Crippen LogP contribution in [0.4, 0.5) is 0 Å². The monoisotopic (exact) mass is 320 g/mol. The summed E-state index contributed by atoms with van der Waals surface area (Å²) in [5.74, 6) is 0.268. The van der Waals surface area contributed by atoms with Gasteiger partial charge in [-0.15, -0.1) is 0 Å². The predicted molar refractivity (Wildman–Crippen MR) is 92.4 cm³/mol. The van der Waals surface area contributed by atoms with Gasteiger partial charge < -0.3 is 9.32 Å². The van der Waals surface area contributed by atoms with E-state index in [2.05, 4.69) is 17.1 Å². The third kappa shape index (κ3) is 4.32. The summed E-state index contributed by atoms with van der Waals surface area (Å²) in [5.41, 5.74) is 2.15. The van der Waals surface area contributed by atoms with E-state index in [1.807, 2.05) is 36.4 Å². The number of carbonyl (C=O) groups is 1. The van der Waals surface area contributed by atoms with Crippen molar-refractivity contribution in [1.29, 1.82) is 0 Å². The molecule has 1 aromatic carbocycles. The van der Waals surface area contributed by atoms with Crippen LogP contribution in [0.2, 0.25) is 0 Å². The van der Waals surface area contributed by atoms with Crippen molar-refractivity contribution in [3.8, 4) is 0 Å². The third-order valence-electron chi connectivity index (χ3n) is 3.83. The van der Waals surface area contributed by atoms with Crippen molar-refractivity contribution in [1.82, 2.24) is 9.88 Å². The number of aromatic nitrogens is 1. The molecule has 0 bridgehead atoms. The fourth-order valence-corrected chi connectivity index (χ4v) is 2.61. The summed E-state index contributed by atoms with van der Waals surface area (Å²) < 4.78 is 5.27. The van der Waals surface area contributed by atoms with Crippen LogP contribution >= 0.6 is 0 Å². The van der Waals surface area contributed by atoms with E-state index < -0.39 is 0 Å². The molecule has 24 heavy (non-hydrogen) atoms. The predicted octanol–water partition coefficient (Wildman–Crippen LogP) is 3.95. The molecule has 0 saturated carbocycles. The second-order valence-electron chi connectivity index (χ2n) is 5.61. The molecular formula is C20H20N2O2. The van der Waals surface area contributed by atoms with E-state index >= 15 is 0 Å². The van der Waals surface area contributed by atoms with Crippen LogP contribution in [0.1, 0.15) is 28.2 Å². The molecule has 2 heterocycles. The maximum atomic E-state index is 12.7. The van der Waals surface area contributed by atoms with E-state index in [-0.39, 0.29) is 5.91 Å². The highest BCUT2D eigenvalue weighted by Crippen LogP contribution is 2.11. The van der Waals surface area contributed by atoms with E-state index in [9.17, 15) is 4.79 Å². The van der Waals surface area contributed by atoms with Gasteiger partial charge in [-0.3, -0.25) is 9.78 Å². The quantitative estimate of drug-likeness (QED) is 0.662. The molecule has 0 radical (unpaired) electrons. The molecule has 4 heteroatoms. The molecule has 0 fully saturated rings. The van der Waals surface area contributed by atoms with Crippen LogP contribution in [0.3, 0.4) is 0 Å². The van der Waals surface area contributed by atoms with Crippen molar-refractivity contribution in [2.24, 2.45) is 0 Å². The Labute approximate surface area is 141 Å². The Kier molecular flexibility index (Phi) is 5.40. The summed E-state index contributed by atoms with van der Waals surface area (Å²) in [5, 5.41) is 0. The van der Waals surface area contributed by atoms with Crippen molar-refractivity contribution in [3.05, 3.63) is 90.1 Å². The molecule has 0 N–H and O–H groups in total. The number of hydrogen-bond donors (Lipinski definition) is 0. The molecular weight excluding hydrogens is 300 g/mol. The Balaban J connectivity index is 1.66. The molecule has 0 aliphatic heterocycles. The highest BCUT2D eigenvalue weighted by molar-refractivity contribution is 5.91. The van der Waals surface area contributed by atoms with Crippen LogP contribution in [0.5, 0.6) is 0 Å². The summed E-state index contributed by atoms with van der Waals surface area (Å²) in [7, 11) is 0. The van der Waals surface area contributed by atoms with Crippen LogP contribution in [0.15, 0.2) is 77.5 Å². The van der Waals surface area contributed by atoms with Crippen LogP contribution in [0, 0.1) is 0 Å². The second kappa shape index (κ2) is 8.11. The average molecular weight is 320 g/mol. The highest BCUT2D eigenvalue weighted by atomic mass is 16.3. The van der Waals surface area contributed by atoms with E-state index in [0.29, 0.717) is 18.8 Å². The average Bonchev–Trinajstić information content (AvgIpc) is 3.17. The number of benzene rings is 1. The van der Waals surface area contributed by atoms with Gasteiger partial charge in [0.15, 0.2) is 5.76 Å². The molecule has 0 aliphatic carbocycles. The van der Waals surface area contributed by atoms with Gasteiger partial charge in [0.05, 0.1) is 18.5 Å². The van der Waals surface area contributed by atoms with Crippen LogP contribution in [0.25, 0.3) is 0 Å². The Morgan fingerprint density at radius 3 is 2.54 bits per heavy atom. The molecule has 3 aromatic rings. The van der Waals surface area contributed by atoms with Crippen molar-refractivity contribution in [2.75, 3.05) is 6.54 Å². The van der Waals surface area contributed by atoms with E-state index in [1.54, 1.807) is 23.2 Å². The van der Waals surface area contributed by atoms with Crippen LogP contribution < -0.4 is 0 Å². The fraction of sp³-hybridized carbons (Fsp3) is 0.200. The number of hydrogen-bond acceptors (Lipinski definition) is 3. The van der Waals surface area contributed by atoms with Crippen LogP contribution in [-0.4, -0.2) is 22.3 Å². The number of aryl methyl sites for hydroxylation is 1. The van der Waals surface area contributed by atoms with Gasteiger partial charge in [-0.1, -0.05) is 36.4 Å². The van der Waals surface area contributed by atoms with Gasteiger partial charge in [-0.2, -0.15) is 0 Å². The summed E-state index contributed by atoms with van der Waals surface area (Å²) in [6, 6.07) is 19.5. The zero-order chi connectivity index (χ0) is 16.6. The zero-order valence-electron chi connectivity index (χ0n) is 13.5. The highest BCUT2D eigenvalue weighted by Gasteiger charge is 2.18. The molecule has 0 spiro atoms. The first-order valence-corrected chi connectivity index (χ1v) is 8.09. The van der Waals surface area contributed by atoms with E-state index in [4.69, 9.17) is 4.42 Å². The van der Waals surface area contributed by atoms with Gasteiger partial charge in [-0.25, -0.2) is 0 Å². The SMILES string of the molecule is O=C(c1ccco1)N(CCCc1ccccc1)Cc1ccccn1. The summed E-state index contributed by atoms with van der Waals surface area (Å²) in [4.78, 5) is 18.8. The molecule has 3 rings (SSSR count). The first kappa shape index (κ1) is 16.0. The number of carbonyl (C=O) groups excluding carboxylic acids is 1. The minimum absolute atomic E-state index is 0.0984. The molecule has 0 saturated heterocycles. The summed E-state index contributed by atoms with van der Waals surface area (Å²) >= 11 is 0. The first-order valence-electron chi connectivity index (χ1n) is 8.09. The maximum Gasteiger partial charge on any atom is 0.289 e. The number of furan rings is 1. The Morgan fingerprint density at radius 2 is 1.83 bits per heavy atom. The molecule has 122 valence electrons.